The molecule has 0 saturated carbocycles. The molecule has 0 saturated heterocycles. The first kappa shape index (κ1) is 20.6. The number of Topliss-reactive ketones (excluding diaryl/α,β-unsaturated/α-hetero) is 1. The summed E-state index contributed by atoms with van der Waals surface area (Å²) in [5, 5.41) is 10.9. The first-order valence-electron chi connectivity index (χ1n) is 9.31. The molecular formula is C23H25FO3S. The highest BCUT2D eigenvalue weighted by Gasteiger charge is 2.57. The number of aliphatic hydroxyl groups is 1. The standard InChI is InChI=1S/C23H25FO3S/c1-6-14-13-16(15-7-10-17(24)11-8-15)9-12-18(14)19-20(25)22(2,3)28(27)23(4,5)21(19)26/h7-13,25H,6H2,1-5H3. The topological polar surface area (TPSA) is 60.4 Å². The molecule has 2 aromatic carbocycles. The summed E-state index contributed by atoms with van der Waals surface area (Å²) in [5.74, 6) is -0.734. The molecular weight excluding hydrogens is 375 g/mol. The fourth-order valence-corrected chi connectivity index (χ4v) is 5.55. The van der Waals surface area contributed by atoms with E-state index in [0.29, 0.717) is 12.0 Å². The predicted octanol–water partition coefficient (Wildman–Crippen LogP) is 5.21. The van der Waals surface area contributed by atoms with E-state index in [1.54, 1.807) is 39.8 Å². The first-order chi connectivity index (χ1) is 13.0. The first-order valence-corrected chi connectivity index (χ1v) is 10.5. The number of allylic oxidation sites excluding steroid dienone is 1. The van der Waals surface area contributed by atoms with E-state index in [2.05, 4.69) is 0 Å². The monoisotopic (exact) mass is 400 g/mol. The molecule has 0 radical (unpaired) electrons. The van der Waals surface area contributed by atoms with Gasteiger partial charge in [0.2, 0.25) is 5.78 Å². The maximum Gasteiger partial charge on any atom is 0.221 e. The highest BCUT2D eigenvalue weighted by atomic mass is 32.2. The van der Waals surface area contributed by atoms with Crippen molar-refractivity contribution >= 4 is 22.5 Å². The van der Waals surface area contributed by atoms with Gasteiger partial charge in [-0.1, -0.05) is 37.3 Å². The van der Waals surface area contributed by atoms with Crippen LogP contribution in [0.2, 0.25) is 0 Å². The third-order valence-electron chi connectivity index (χ3n) is 5.44. The number of ketones is 1. The molecule has 3 nitrogen and oxygen atoms in total. The number of hydrogen-bond donors (Lipinski definition) is 1. The Morgan fingerprint density at radius 1 is 1.00 bits per heavy atom. The third kappa shape index (κ3) is 3.16. The van der Waals surface area contributed by atoms with Crippen molar-refractivity contribution in [1.82, 2.24) is 0 Å². The highest BCUT2D eigenvalue weighted by Crippen LogP contribution is 2.45. The summed E-state index contributed by atoms with van der Waals surface area (Å²) in [7, 11) is 0. The van der Waals surface area contributed by atoms with Gasteiger partial charge in [-0.2, -0.15) is 0 Å². The van der Waals surface area contributed by atoms with Crippen LogP contribution in [0.3, 0.4) is 0 Å². The van der Waals surface area contributed by atoms with Crippen LogP contribution in [-0.2, 0) is 22.4 Å². The van der Waals surface area contributed by atoms with Crippen molar-refractivity contribution in [2.24, 2.45) is 0 Å². The second-order valence-electron chi connectivity index (χ2n) is 8.07. The minimum atomic E-state index is -1.55. The number of carbonyl (C=O) groups is 1. The predicted molar refractivity (Wildman–Crippen MR) is 112 cm³/mol. The zero-order chi connectivity index (χ0) is 20.9. The van der Waals surface area contributed by atoms with Gasteiger partial charge in [-0.3, -0.25) is 4.79 Å². The van der Waals surface area contributed by atoms with Crippen LogP contribution in [0.25, 0.3) is 16.7 Å². The maximum absolute atomic E-state index is 13.2. The van der Waals surface area contributed by atoms with Crippen molar-refractivity contribution < 1.29 is 18.8 Å². The Bertz CT molecular complexity index is 958. The van der Waals surface area contributed by atoms with Crippen LogP contribution in [0.15, 0.2) is 48.2 Å². The molecule has 1 heterocycles. The van der Waals surface area contributed by atoms with Crippen LogP contribution in [-0.4, -0.2) is 24.9 Å². The van der Waals surface area contributed by atoms with Crippen molar-refractivity contribution in [2.45, 2.75) is 50.5 Å². The maximum atomic E-state index is 13.2. The summed E-state index contributed by atoms with van der Waals surface area (Å²) in [6, 6.07) is 11.9. The lowest BCUT2D eigenvalue weighted by molar-refractivity contribution is -0.115. The highest BCUT2D eigenvalue weighted by molar-refractivity contribution is 7.95. The number of hydrogen-bond acceptors (Lipinski definition) is 3. The van der Waals surface area contributed by atoms with E-state index in [1.165, 1.54) is 12.1 Å². The van der Waals surface area contributed by atoms with Gasteiger partial charge >= 0.3 is 0 Å². The molecule has 0 bridgehead atoms. The van der Waals surface area contributed by atoms with Gasteiger partial charge < -0.3 is 9.66 Å². The molecule has 5 heteroatoms. The number of aryl methyl sites for hydroxylation is 1. The lowest BCUT2D eigenvalue weighted by Gasteiger charge is -2.42. The summed E-state index contributed by atoms with van der Waals surface area (Å²) in [6.07, 6.45) is 0.651. The Morgan fingerprint density at radius 2 is 1.57 bits per heavy atom. The van der Waals surface area contributed by atoms with E-state index in [-0.39, 0.29) is 22.9 Å². The van der Waals surface area contributed by atoms with Crippen LogP contribution in [0.5, 0.6) is 0 Å². The van der Waals surface area contributed by atoms with Crippen LogP contribution < -0.4 is 0 Å². The van der Waals surface area contributed by atoms with E-state index in [0.717, 1.165) is 16.7 Å². The molecule has 1 atom stereocenters. The van der Waals surface area contributed by atoms with E-state index >= 15 is 0 Å². The Balaban J connectivity index is 2.18. The van der Waals surface area contributed by atoms with Gasteiger partial charge in [0.1, 0.15) is 5.82 Å². The molecule has 1 unspecified atom stereocenters. The van der Waals surface area contributed by atoms with E-state index < -0.39 is 20.7 Å². The Labute approximate surface area is 168 Å². The van der Waals surface area contributed by atoms with Gasteiger partial charge in [-0.25, -0.2) is 4.39 Å². The SMILES string of the molecule is CCc1cc(-c2ccc(F)cc2)ccc1C1=C(O)C(C)(C)[S+]([O-])C(C)(C)C1=O. The van der Waals surface area contributed by atoms with Gasteiger partial charge in [0.05, 0.1) is 5.57 Å². The summed E-state index contributed by atoms with van der Waals surface area (Å²) >= 11 is -1.55. The van der Waals surface area contributed by atoms with Gasteiger partial charge in [0.25, 0.3) is 0 Å². The van der Waals surface area contributed by atoms with Crippen molar-refractivity contribution in [2.75, 3.05) is 0 Å². The molecule has 1 N–H and O–H groups in total. The zero-order valence-electron chi connectivity index (χ0n) is 16.8. The average Bonchev–Trinajstić information content (AvgIpc) is 2.67. The molecule has 148 valence electrons. The molecule has 2 aromatic rings. The largest absolute Gasteiger partial charge is 0.615 e. The van der Waals surface area contributed by atoms with E-state index in [1.807, 2.05) is 25.1 Å². The van der Waals surface area contributed by atoms with Gasteiger partial charge in [-0.15, -0.1) is 0 Å². The van der Waals surface area contributed by atoms with Gasteiger partial charge in [0, 0.05) is 0 Å². The lowest BCUT2D eigenvalue weighted by Crippen LogP contribution is -2.55. The number of rotatable bonds is 3. The summed E-state index contributed by atoms with van der Waals surface area (Å²) in [4.78, 5) is 13.2. The Kier molecular flexibility index (Phi) is 5.19. The van der Waals surface area contributed by atoms with Crippen LogP contribution in [0, 0.1) is 5.82 Å². The molecule has 0 amide bonds. The summed E-state index contributed by atoms with van der Waals surface area (Å²) in [5.41, 5.74) is 3.59. The van der Waals surface area contributed by atoms with Crippen molar-refractivity contribution in [3.8, 4) is 11.1 Å². The number of benzene rings is 2. The van der Waals surface area contributed by atoms with Gasteiger partial charge in [0.15, 0.2) is 15.3 Å². The molecule has 1 aliphatic rings. The zero-order valence-corrected chi connectivity index (χ0v) is 17.6. The smallest absolute Gasteiger partial charge is 0.221 e. The van der Waals surface area contributed by atoms with Crippen molar-refractivity contribution in [3.63, 3.8) is 0 Å². The third-order valence-corrected chi connectivity index (χ3v) is 7.67. The van der Waals surface area contributed by atoms with Crippen LogP contribution in [0.4, 0.5) is 4.39 Å². The quantitative estimate of drug-likeness (QED) is 0.719. The Morgan fingerprint density at radius 3 is 2.14 bits per heavy atom. The number of halogens is 1. The summed E-state index contributed by atoms with van der Waals surface area (Å²) < 4.78 is 24.0. The van der Waals surface area contributed by atoms with E-state index in [9.17, 15) is 18.8 Å². The normalized spacial score (nSPS) is 21.1. The number of carbonyl (C=O) groups excluding carboxylic acids is 1. The Hall–Kier alpha value is -2.11. The second-order valence-corrected chi connectivity index (χ2v) is 10.7. The molecule has 1 aliphatic heterocycles. The molecule has 0 aliphatic carbocycles. The van der Waals surface area contributed by atoms with E-state index in [4.69, 9.17) is 0 Å². The number of aliphatic hydroxyl groups excluding tert-OH is 1. The molecule has 3 rings (SSSR count). The minimum Gasteiger partial charge on any atom is -0.615 e. The minimum absolute atomic E-state index is 0.126. The fraction of sp³-hybridized carbons (Fsp3) is 0.348. The molecule has 0 aromatic heterocycles. The van der Waals surface area contributed by atoms with Crippen molar-refractivity contribution in [1.29, 1.82) is 0 Å². The van der Waals surface area contributed by atoms with Crippen LogP contribution in [0.1, 0.15) is 45.7 Å². The fourth-order valence-electron chi connectivity index (χ4n) is 3.72. The van der Waals surface area contributed by atoms with Gasteiger partial charge in [-0.05, 0) is 79.7 Å². The summed E-state index contributed by atoms with van der Waals surface area (Å²) in [6.45, 7) is 8.71. The molecule has 28 heavy (non-hydrogen) atoms. The second kappa shape index (κ2) is 7.05. The lowest BCUT2D eigenvalue weighted by atomic mass is 9.85. The average molecular weight is 401 g/mol. The molecule has 0 spiro atoms. The van der Waals surface area contributed by atoms with Crippen LogP contribution >= 0.6 is 0 Å². The molecule has 0 fully saturated rings. The van der Waals surface area contributed by atoms with Crippen molar-refractivity contribution in [3.05, 3.63) is 65.2 Å².